The summed E-state index contributed by atoms with van der Waals surface area (Å²) in [7, 11) is 0. The summed E-state index contributed by atoms with van der Waals surface area (Å²) in [5, 5.41) is 0. The Morgan fingerprint density at radius 3 is 2.33 bits per heavy atom. The van der Waals surface area contributed by atoms with Gasteiger partial charge in [-0.25, -0.2) is 0 Å². The zero-order valence-corrected chi connectivity index (χ0v) is 9.91. The first-order valence-corrected chi connectivity index (χ1v) is 5.23. The van der Waals surface area contributed by atoms with E-state index in [4.69, 9.17) is 9.47 Å². The number of carbonyl (C=O) groups is 1. The van der Waals surface area contributed by atoms with Gasteiger partial charge in [0.1, 0.15) is 13.5 Å². The fraction of sp³-hybridized carbons (Fsp3) is 0.727. The van der Waals surface area contributed by atoms with E-state index in [0.717, 1.165) is 6.42 Å². The van der Waals surface area contributed by atoms with Crippen LogP contribution < -0.4 is 0 Å². The third-order valence-corrected chi connectivity index (χ3v) is 1.70. The van der Waals surface area contributed by atoms with Crippen LogP contribution in [0.4, 0.5) is 0 Å². The van der Waals surface area contributed by atoms with Gasteiger partial charge in [0, 0.05) is 18.8 Å². The Morgan fingerprint density at radius 1 is 1.27 bits per heavy atom. The molecule has 0 spiro atoms. The van der Waals surface area contributed by atoms with Crippen LogP contribution in [-0.2, 0) is 14.3 Å². The maximum Gasteiger partial charge on any atom is 0.252 e. The van der Waals surface area contributed by atoms with Gasteiger partial charge in [-0.3, -0.25) is 9.69 Å². The maximum atomic E-state index is 11.6. The van der Waals surface area contributed by atoms with Gasteiger partial charge in [0.2, 0.25) is 0 Å². The maximum absolute atomic E-state index is 11.6. The molecular formula is C11H21NO3. The van der Waals surface area contributed by atoms with Crippen molar-refractivity contribution in [2.24, 2.45) is 0 Å². The molecule has 0 saturated heterocycles. The Hall–Kier alpha value is -0.870. The van der Waals surface area contributed by atoms with Crippen LogP contribution in [0.3, 0.4) is 0 Å². The molecule has 88 valence electrons. The molecule has 0 bridgehead atoms. The highest BCUT2D eigenvalue weighted by molar-refractivity contribution is 5.91. The highest BCUT2D eigenvalue weighted by Gasteiger charge is 2.13. The van der Waals surface area contributed by atoms with Gasteiger partial charge in [-0.15, -0.1) is 0 Å². The smallest absolute Gasteiger partial charge is 0.252 e. The molecule has 0 radical (unpaired) electrons. The van der Waals surface area contributed by atoms with Gasteiger partial charge < -0.3 is 9.47 Å². The van der Waals surface area contributed by atoms with Crippen molar-refractivity contribution in [1.29, 1.82) is 0 Å². The Labute approximate surface area is 91.8 Å². The predicted octanol–water partition coefficient (Wildman–Crippen LogP) is 1.77. The molecule has 0 saturated carbocycles. The molecule has 0 N–H and O–H groups in total. The lowest BCUT2D eigenvalue weighted by molar-refractivity contribution is -0.140. The second-order valence-electron chi connectivity index (χ2n) is 3.28. The van der Waals surface area contributed by atoms with Gasteiger partial charge in [0.15, 0.2) is 0 Å². The molecule has 0 aromatic rings. The zero-order chi connectivity index (χ0) is 11.7. The number of nitrogens with zero attached hydrogens (tertiary/aromatic N) is 1. The van der Waals surface area contributed by atoms with Crippen LogP contribution in [0.15, 0.2) is 12.2 Å². The normalized spacial score (nSPS) is 10.1. The summed E-state index contributed by atoms with van der Waals surface area (Å²) in [6.07, 6.45) is 0.934. The first-order valence-electron chi connectivity index (χ1n) is 5.23. The lowest BCUT2D eigenvalue weighted by Crippen LogP contribution is -2.35. The standard InChI is InChI=1S/C11H21NO3/c1-5-7-15-9-12(8-14-6-2)11(13)10(3)4/h3,5-9H2,1-2,4H3. The molecule has 0 aromatic carbocycles. The molecule has 0 aliphatic carbocycles. The number of ether oxygens (including phenoxy) is 2. The molecule has 0 atom stereocenters. The molecule has 0 heterocycles. The minimum Gasteiger partial charge on any atom is -0.361 e. The minimum absolute atomic E-state index is 0.125. The lowest BCUT2D eigenvalue weighted by atomic mass is 10.3. The van der Waals surface area contributed by atoms with Crippen LogP contribution in [-0.4, -0.2) is 37.5 Å². The molecular weight excluding hydrogens is 194 g/mol. The van der Waals surface area contributed by atoms with Crippen molar-refractivity contribution in [2.75, 3.05) is 26.7 Å². The van der Waals surface area contributed by atoms with E-state index in [2.05, 4.69) is 6.58 Å². The molecule has 0 aromatic heterocycles. The van der Waals surface area contributed by atoms with Crippen LogP contribution in [0, 0.1) is 0 Å². The van der Waals surface area contributed by atoms with E-state index in [1.807, 2.05) is 13.8 Å². The van der Waals surface area contributed by atoms with Gasteiger partial charge in [-0.1, -0.05) is 13.5 Å². The minimum atomic E-state index is -0.125. The molecule has 0 aliphatic heterocycles. The lowest BCUT2D eigenvalue weighted by Gasteiger charge is -2.22. The van der Waals surface area contributed by atoms with Crippen LogP contribution in [0.5, 0.6) is 0 Å². The van der Waals surface area contributed by atoms with Crippen LogP contribution in [0.1, 0.15) is 27.2 Å². The second-order valence-corrected chi connectivity index (χ2v) is 3.28. The quantitative estimate of drug-likeness (QED) is 0.352. The molecule has 4 heteroatoms. The number of amides is 1. The first kappa shape index (κ1) is 14.1. The largest absolute Gasteiger partial charge is 0.361 e. The van der Waals surface area contributed by atoms with E-state index in [1.165, 1.54) is 4.90 Å². The molecule has 1 amide bonds. The highest BCUT2D eigenvalue weighted by Crippen LogP contribution is 2.00. The van der Waals surface area contributed by atoms with Gasteiger partial charge in [-0.05, 0) is 20.3 Å². The first-order chi connectivity index (χ1) is 7.13. The number of rotatable bonds is 8. The Balaban J connectivity index is 4.05. The van der Waals surface area contributed by atoms with E-state index in [1.54, 1.807) is 6.92 Å². The van der Waals surface area contributed by atoms with Gasteiger partial charge >= 0.3 is 0 Å². The van der Waals surface area contributed by atoms with E-state index < -0.39 is 0 Å². The van der Waals surface area contributed by atoms with Gasteiger partial charge in [-0.2, -0.15) is 0 Å². The molecule has 4 nitrogen and oxygen atoms in total. The van der Waals surface area contributed by atoms with Crippen LogP contribution >= 0.6 is 0 Å². The fourth-order valence-electron chi connectivity index (χ4n) is 0.945. The number of hydrogen-bond acceptors (Lipinski definition) is 3. The SMILES string of the molecule is C=C(C)C(=O)N(COCC)COCCC. The average Bonchev–Trinajstić information content (AvgIpc) is 2.22. The monoisotopic (exact) mass is 215 g/mol. The highest BCUT2D eigenvalue weighted by atomic mass is 16.5. The van der Waals surface area contributed by atoms with Gasteiger partial charge in [0.05, 0.1) is 0 Å². The van der Waals surface area contributed by atoms with Crippen molar-refractivity contribution >= 4 is 5.91 Å². The summed E-state index contributed by atoms with van der Waals surface area (Å²) in [5.74, 6) is -0.125. The average molecular weight is 215 g/mol. The summed E-state index contributed by atoms with van der Waals surface area (Å²) in [6, 6.07) is 0. The summed E-state index contributed by atoms with van der Waals surface area (Å²) in [5.41, 5.74) is 0.495. The fourth-order valence-corrected chi connectivity index (χ4v) is 0.945. The van der Waals surface area contributed by atoms with Crippen molar-refractivity contribution in [1.82, 2.24) is 4.90 Å². The zero-order valence-electron chi connectivity index (χ0n) is 9.91. The van der Waals surface area contributed by atoms with Crippen molar-refractivity contribution in [3.8, 4) is 0 Å². The van der Waals surface area contributed by atoms with E-state index >= 15 is 0 Å². The predicted molar refractivity (Wildman–Crippen MR) is 59.3 cm³/mol. The topological polar surface area (TPSA) is 38.8 Å². The molecule has 0 rings (SSSR count). The third-order valence-electron chi connectivity index (χ3n) is 1.70. The number of hydrogen-bond donors (Lipinski definition) is 0. The number of carbonyl (C=O) groups excluding carboxylic acids is 1. The molecule has 0 fully saturated rings. The third kappa shape index (κ3) is 6.25. The Morgan fingerprint density at radius 2 is 1.87 bits per heavy atom. The van der Waals surface area contributed by atoms with Gasteiger partial charge in [0.25, 0.3) is 5.91 Å². The summed E-state index contributed by atoms with van der Waals surface area (Å²) in [4.78, 5) is 13.1. The molecule has 15 heavy (non-hydrogen) atoms. The van der Waals surface area contributed by atoms with E-state index in [0.29, 0.717) is 18.8 Å². The summed E-state index contributed by atoms with van der Waals surface area (Å²) >= 11 is 0. The van der Waals surface area contributed by atoms with Crippen LogP contribution in [0.25, 0.3) is 0 Å². The Kier molecular flexibility index (Phi) is 7.95. The Bertz CT molecular complexity index is 204. The van der Waals surface area contributed by atoms with E-state index in [-0.39, 0.29) is 19.4 Å². The van der Waals surface area contributed by atoms with Crippen molar-refractivity contribution in [3.63, 3.8) is 0 Å². The molecule has 0 unspecified atom stereocenters. The van der Waals surface area contributed by atoms with Crippen molar-refractivity contribution < 1.29 is 14.3 Å². The van der Waals surface area contributed by atoms with Crippen molar-refractivity contribution in [2.45, 2.75) is 27.2 Å². The second kappa shape index (κ2) is 8.44. The summed E-state index contributed by atoms with van der Waals surface area (Å²) in [6.45, 7) is 10.9. The summed E-state index contributed by atoms with van der Waals surface area (Å²) < 4.78 is 10.5. The molecule has 0 aliphatic rings. The van der Waals surface area contributed by atoms with E-state index in [9.17, 15) is 4.79 Å². The van der Waals surface area contributed by atoms with Crippen LogP contribution in [0.2, 0.25) is 0 Å². The van der Waals surface area contributed by atoms with Crippen molar-refractivity contribution in [3.05, 3.63) is 12.2 Å².